The maximum absolute atomic E-state index is 9.88. The van der Waals surface area contributed by atoms with Gasteiger partial charge in [-0.15, -0.1) is 4.89 Å². The van der Waals surface area contributed by atoms with Crippen LogP contribution in [0.3, 0.4) is 0 Å². The molecule has 0 aliphatic carbocycles. The van der Waals surface area contributed by atoms with Crippen LogP contribution in [0.25, 0.3) is 0 Å². The molecule has 0 aromatic rings. The molecule has 0 bridgehead atoms. The van der Waals surface area contributed by atoms with Gasteiger partial charge in [-0.3, -0.25) is 0 Å². The summed E-state index contributed by atoms with van der Waals surface area (Å²) in [5, 5.41) is 16.8. The molecule has 0 saturated heterocycles. The van der Waals surface area contributed by atoms with Crippen molar-refractivity contribution in [2.24, 2.45) is 0 Å². The van der Waals surface area contributed by atoms with Gasteiger partial charge >= 0.3 is 8.25 Å². The van der Waals surface area contributed by atoms with Crippen molar-refractivity contribution in [3.8, 4) is 0 Å². The Labute approximate surface area is 64.3 Å². The van der Waals surface area contributed by atoms with Crippen LogP contribution in [-0.4, -0.2) is 41.2 Å². The highest BCUT2D eigenvalue weighted by Gasteiger charge is 2.13. The summed E-state index contributed by atoms with van der Waals surface area (Å²) in [5.74, 6) is 0. The van der Waals surface area contributed by atoms with E-state index >= 15 is 0 Å². The van der Waals surface area contributed by atoms with Crippen molar-refractivity contribution < 1.29 is 28.9 Å². The van der Waals surface area contributed by atoms with Crippen molar-refractivity contribution in [2.75, 3.05) is 20.0 Å². The van der Waals surface area contributed by atoms with E-state index in [0.717, 1.165) is 0 Å². The van der Waals surface area contributed by atoms with Gasteiger partial charge < -0.3 is 14.9 Å². The Kier molecular flexibility index (Phi) is 6.54. The minimum Gasteiger partial charge on any atom is -0.394 e. The quantitative estimate of drug-likeness (QED) is 0.362. The molecule has 11 heavy (non-hydrogen) atoms. The molecule has 0 aromatic carbocycles. The Balaban J connectivity index is 3.28. The van der Waals surface area contributed by atoms with Crippen molar-refractivity contribution in [2.45, 2.75) is 6.10 Å². The molecule has 0 saturated carbocycles. The van der Waals surface area contributed by atoms with Crippen LogP contribution >= 0.6 is 8.25 Å². The van der Waals surface area contributed by atoms with Gasteiger partial charge in [0.15, 0.2) is 0 Å². The van der Waals surface area contributed by atoms with Crippen molar-refractivity contribution >= 4 is 8.25 Å². The zero-order valence-corrected chi connectivity index (χ0v) is 6.61. The third-order valence-electron chi connectivity index (χ3n) is 0.874. The monoisotopic (exact) mass is 185 g/mol. The van der Waals surface area contributed by atoms with E-state index in [-0.39, 0.29) is 13.2 Å². The van der Waals surface area contributed by atoms with E-state index < -0.39 is 21.2 Å². The fourth-order valence-electron chi connectivity index (χ4n) is 0.335. The minimum atomic E-state index is -2.68. The smallest absolute Gasteiger partial charge is 0.394 e. The van der Waals surface area contributed by atoms with E-state index in [1.807, 2.05) is 0 Å². The van der Waals surface area contributed by atoms with Gasteiger partial charge in [-0.05, 0) is 0 Å². The summed E-state index contributed by atoms with van der Waals surface area (Å²) < 4.78 is 18.6. The maximum atomic E-state index is 9.88. The standard InChI is InChI=1S/C4H9O6P/c5-1-4(2-6)9-3-10-11(7)8/h4-6H,1-3H2/p+1. The molecule has 0 aliphatic heterocycles. The highest BCUT2D eigenvalue weighted by molar-refractivity contribution is 7.32. The van der Waals surface area contributed by atoms with Crippen LogP contribution < -0.4 is 0 Å². The summed E-state index contributed by atoms with van der Waals surface area (Å²) in [6.07, 6.45) is -0.759. The Morgan fingerprint density at radius 3 is 2.27 bits per heavy atom. The molecule has 0 spiro atoms. The van der Waals surface area contributed by atoms with E-state index in [1.165, 1.54) is 0 Å². The van der Waals surface area contributed by atoms with Crippen LogP contribution in [0.5, 0.6) is 0 Å². The second kappa shape index (κ2) is 6.60. The molecule has 1 atom stereocenters. The molecule has 6 nitrogen and oxygen atoms in total. The lowest BCUT2D eigenvalue weighted by Crippen LogP contribution is -2.22. The predicted octanol–water partition coefficient (Wildman–Crippen LogP) is -1.02. The first-order valence-corrected chi connectivity index (χ1v) is 3.96. The summed E-state index contributed by atoms with van der Waals surface area (Å²) in [4.78, 5) is 8.09. The van der Waals surface area contributed by atoms with Crippen LogP contribution in [-0.2, 0) is 13.8 Å². The molecule has 0 radical (unpaired) electrons. The molecule has 66 valence electrons. The first kappa shape index (κ1) is 10.9. The number of hydrogen-bond donors (Lipinski definition) is 3. The zero-order valence-electron chi connectivity index (χ0n) is 5.71. The second-order valence-corrected chi connectivity index (χ2v) is 2.37. The van der Waals surface area contributed by atoms with Crippen molar-refractivity contribution in [1.82, 2.24) is 0 Å². The first-order chi connectivity index (χ1) is 5.20. The highest BCUT2D eigenvalue weighted by Crippen LogP contribution is 2.13. The molecule has 0 amide bonds. The SMILES string of the molecule is O=[P+](O)OCOC(CO)CO. The van der Waals surface area contributed by atoms with E-state index in [1.54, 1.807) is 0 Å². The van der Waals surface area contributed by atoms with Crippen molar-refractivity contribution in [3.05, 3.63) is 0 Å². The maximum Gasteiger partial charge on any atom is 0.697 e. The van der Waals surface area contributed by atoms with E-state index in [0.29, 0.717) is 0 Å². The van der Waals surface area contributed by atoms with Gasteiger partial charge in [0.25, 0.3) is 0 Å². The summed E-state index contributed by atoms with van der Waals surface area (Å²) in [7, 11) is -2.68. The predicted molar refractivity (Wildman–Crippen MR) is 34.8 cm³/mol. The molecule has 0 heterocycles. The Morgan fingerprint density at radius 1 is 1.36 bits per heavy atom. The lowest BCUT2D eigenvalue weighted by atomic mass is 10.4. The molecule has 0 aromatic heterocycles. The molecule has 3 N–H and O–H groups in total. The Bertz CT molecular complexity index is 113. The van der Waals surface area contributed by atoms with E-state index in [9.17, 15) is 4.57 Å². The number of aliphatic hydroxyl groups is 2. The van der Waals surface area contributed by atoms with Gasteiger partial charge in [-0.2, -0.15) is 0 Å². The van der Waals surface area contributed by atoms with Crippen LogP contribution in [0.2, 0.25) is 0 Å². The van der Waals surface area contributed by atoms with E-state index in [2.05, 4.69) is 9.26 Å². The summed E-state index contributed by atoms with van der Waals surface area (Å²) in [6, 6.07) is 0. The zero-order chi connectivity index (χ0) is 8.69. The van der Waals surface area contributed by atoms with Gasteiger partial charge in [-0.25, -0.2) is 0 Å². The third kappa shape index (κ3) is 6.30. The molecular formula is C4H10O6P+. The van der Waals surface area contributed by atoms with Gasteiger partial charge in [0.05, 0.1) is 13.2 Å². The topological polar surface area (TPSA) is 96.2 Å². The van der Waals surface area contributed by atoms with Gasteiger partial charge in [-0.1, -0.05) is 4.52 Å². The number of aliphatic hydroxyl groups excluding tert-OH is 2. The van der Waals surface area contributed by atoms with Gasteiger partial charge in [0, 0.05) is 4.57 Å². The first-order valence-electron chi connectivity index (χ1n) is 2.83. The Hall–Kier alpha value is -0.100. The lowest BCUT2D eigenvalue weighted by Gasteiger charge is -2.08. The lowest BCUT2D eigenvalue weighted by molar-refractivity contribution is -0.0767. The fraction of sp³-hybridized carbons (Fsp3) is 1.00. The molecule has 7 heteroatoms. The van der Waals surface area contributed by atoms with Gasteiger partial charge in [0.2, 0.25) is 6.79 Å². The average Bonchev–Trinajstić information content (AvgIpc) is 1.98. The summed E-state index contributed by atoms with van der Waals surface area (Å²) >= 11 is 0. The number of hydrogen-bond acceptors (Lipinski definition) is 5. The number of rotatable bonds is 6. The summed E-state index contributed by atoms with van der Waals surface area (Å²) in [5.41, 5.74) is 0. The van der Waals surface area contributed by atoms with Crippen molar-refractivity contribution in [3.63, 3.8) is 0 Å². The van der Waals surface area contributed by atoms with E-state index in [4.69, 9.17) is 15.1 Å². The molecule has 0 aliphatic rings. The van der Waals surface area contributed by atoms with Crippen LogP contribution in [0.1, 0.15) is 0 Å². The van der Waals surface area contributed by atoms with Crippen LogP contribution in [0.15, 0.2) is 0 Å². The van der Waals surface area contributed by atoms with Crippen LogP contribution in [0, 0.1) is 0 Å². The van der Waals surface area contributed by atoms with Crippen LogP contribution in [0.4, 0.5) is 0 Å². The molecule has 0 rings (SSSR count). The largest absolute Gasteiger partial charge is 0.697 e. The molecular weight excluding hydrogens is 175 g/mol. The summed E-state index contributed by atoms with van der Waals surface area (Å²) in [6.45, 7) is -1.14. The highest BCUT2D eigenvalue weighted by atomic mass is 31.1. The fourth-order valence-corrected chi connectivity index (χ4v) is 0.486. The number of ether oxygens (including phenoxy) is 1. The Morgan fingerprint density at radius 2 is 1.91 bits per heavy atom. The van der Waals surface area contributed by atoms with Gasteiger partial charge in [0.1, 0.15) is 6.10 Å². The minimum absolute atomic E-state index is 0.359. The van der Waals surface area contributed by atoms with Crippen molar-refractivity contribution in [1.29, 1.82) is 0 Å². The second-order valence-electron chi connectivity index (χ2n) is 1.64. The average molecular weight is 185 g/mol. The third-order valence-corrected chi connectivity index (χ3v) is 1.20. The molecule has 1 unspecified atom stereocenters. The molecule has 0 fully saturated rings. The normalized spacial score (nSPS) is 12.2.